The smallest absolute Gasteiger partial charge is 0.317 e. The molecule has 1 fully saturated rings. The van der Waals surface area contributed by atoms with Gasteiger partial charge in [0.2, 0.25) is 5.91 Å². The molecule has 1 aliphatic heterocycles. The van der Waals surface area contributed by atoms with Crippen LogP contribution in [0.3, 0.4) is 0 Å². The van der Waals surface area contributed by atoms with E-state index in [9.17, 15) is 9.59 Å². The third kappa shape index (κ3) is 5.79. The molecule has 2 atom stereocenters. The summed E-state index contributed by atoms with van der Waals surface area (Å²) in [5.74, 6) is 0.676. The topological polar surface area (TPSA) is 92.2 Å². The van der Waals surface area contributed by atoms with Crippen LogP contribution < -0.4 is 10.6 Å². The molecule has 3 amide bonds. The van der Waals surface area contributed by atoms with Crippen LogP contribution in [0.2, 0.25) is 0 Å². The second-order valence-electron chi connectivity index (χ2n) is 7.63. The van der Waals surface area contributed by atoms with Crippen LogP contribution in [-0.4, -0.2) is 50.5 Å². The highest BCUT2D eigenvalue weighted by Gasteiger charge is 2.28. The molecule has 29 heavy (non-hydrogen) atoms. The van der Waals surface area contributed by atoms with Crippen molar-refractivity contribution < 1.29 is 9.59 Å². The molecule has 3 heterocycles. The molecule has 1 saturated heterocycles. The van der Waals surface area contributed by atoms with E-state index < -0.39 is 0 Å². The number of urea groups is 1. The second kappa shape index (κ2) is 10.0. The number of imidazole rings is 1. The van der Waals surface area contributed by atoms with Crippen LogP contribution in [-0.2, 0) is 11.3 Å². The molecular weight excluding hydrogens is 368 g/mol. The van der Waals surface area contributed by atoms with E-state index in [-0.39, 0.29) is 23.9 Å². The molecule has 8 nitrogen and oxygen atoms in total. The van der Waals surface area contributed by atoms with Crippen LogP contribution >= 0.6 is 0 Å². The maximum atomic E-state index is 12.6. The van der Waals surface area contributed by atoms with Gasteiger partial charge >= 0.3 is 6.03 Å². The summed E-state index contributed by atoms with van der Waals surface area (Å²) in [5.41, 5.74) is 0.955. The van der Waals surface area contributed by atoms with Crippen molar-refractivity contribution in [1.29, 1.82) is 0 Å². The number of nitrogens with one attached hydrogen (secondary N) is 2. The molecule has 156 valence electrons. The van der Waals surface area contributed by atoms with E-state index in [2.05, 4.69) is 27.5 Å². The van der Waals surface area contributed by atoms with Crippen molar-refractivity contribution >= 4 is 11.9 Å². The number of nitrogens with zero attached hydrogens (tertiary/aromatic N) is 4. The van der Waals surface area contributed by atoms with Crippen LogP contribution in [0.1, 0.15) is 45.1 Å². The van der Waals surface area contributed by atoms with Crippen molar-refractivity contribution in [2.75, 3.05) is 13.1 Å². The number of piperidine rings is 1. The summed E-state index contributed by atoms with van der Waals surface area (Å²) in [5, 5.41) is 6.04. The summed E-state index contributed by atoms with van der Waals surface area (Å²) in [6.45, 7) is 5.69. The first-order valence-corrected chi connectivity index (χ1v) is 10.3. The van der Waals surface area contributed by atoms with Crippen molar-refractivity contribution in [1.82, 2.24) is 30.1 Å². The lowest BCUT2D eigenvalue weighted by atomic mass is 9.97. The van der Waals surface area contributed by atoms with E-state index in [4.69, 9.17) is 0 Å². The fourth-order valence-electron chi connectivity index (χ4n) is 3.64. The molecule has 0 radical (unpaired) electrons. The SMILES string of the molecule is CCCC(C)NC(=O)C1CCCN(C(=O)NCc2ccnc(-n3ccnc3)c2)C1. The van der Waals surface area contributed by atoms with E-state index in [1.165, 1.54) is 0 Å². The minimum absolute atomic E-state index is 0.0579. The quantitative estimate of drug-likeness (QED) is 0.749. The van der Waals surface area contributed by atoms with Gasteiger partial charge in [-0.05, 0) is 43.9 Å². The van der Waals surface area contributed by atoms with E-state index >= 15 is 0 Å². The van der Waals surface area contributed by atoms with E-state index in [1.807, 2.05) is 29.8 Å². The van der Waals surface area contributed by atoms with Crippen molar-refractivity contribution in [3.63, 3.8) is 0 Å². The molecule has 2 aromatic rings. The van der Waals surface area contributed by atoms with Crippen molar-refractivity contribution in [2.45, 2.75) is 52.1 Å². The first kappa shape index (κ1) is 20.8. The standard InChI is InChI=1S/C21H30N6O2/c1-3-5-16(2)25-20(28)18-6-4-10-26(14-18)21(29)24-13-17-7-8-23-19(12-17)27-11-9-22-15-27/h7-9,11-12,15-16,18H,3-6,10,13-14H2,1-2H3,(H,24,29)(H,25,28). The minimum Gasteiger partial charge on any atom is -0.353 e. The molecule has 0 aliphatic carbocycles. The fourth-order valence-corrected chi connectivity index (χ4v) is 3.64. The zero-order chi connectivity index (χ0) is 20.6. The highest BCUT2D eigenvalue weighted by atomic mass is 16.2. The average molecular weight is 399 g/mol. The number of rotatable bonds is 7. The first-order chi connectivity index (χ1) is 14.1. The number of carbonyl (C=O) groups excluding carboxylic acids is 2. The van der Waals surface area contributed by atoms with Gasteiger partial charge in [0.1, 0.15) is 12.1 Å². The summed E-state index contributed by atoms with van der Waals surface area (Å²) in [6.07, 6.45) is 10.6. The van der Waals surface area contributed by atoms with Crippen molar-refractivity contribution in [2.24, 2.45) is 5.92 Å². The summed E-state index contributed by atoms with van der Waals surface area (Å²) in [4.78, 5) is 35.2. The van der Waals surface area contributed by atoms with E-state index in [1.54, 1.807) is 23.6 Å². The predicted molar refractivity (Wildman–Crippen MR) is 110 cm³/mol. The predicted octanol–water partition coefficient (Wildman–Crippen LogP) is 2.49. The molecule has 2 aromatic heterocycles. The first-order valence-electron chi connectivity index (χ1n) is 10.3. The Bertz CT molecular complexity index is 807. The Morgan fingerprint density at radius 1 is 1.34 bits per heavy atom. The number of hydrogen-bond acceptors (Lipinski definition) is 4. The normalized spacial score (nSPS) is 17.6. The minimum atomic E-state index is -0.137. The number of aromatic nitrogens is 3. The van der Waals surface area contributed by atoms with Crippen LogP contribution in [0.5, 0.6) is 0 Å². The van der Waals surface area contributed by atoms with Gasteiger partial charge in [-0.2, -0.15) is 0 Å². The van der Waals surface area contributed by atoms with Gasteiger partial charge < -0.3 is 15.5 Å². The van der Waals surface area contributed by atoms with Crippen molar-refractivity contribution in [3.8, 4) is 5.82 Å². The number of amides is 3. The monoisotopic (exact) mass is 398 g/mol. The molecule has 8 heteroatoms. The van der Waals surface area contributed by atoms with Crippen LogP contribution in [0.4, 0.5) is 4.79 Å². The molecule has 2 N–H and O–H groups in total. The Labute approximate surface area is 171 Å². The lowest BCUT2D eigenvalue weighted by Gasteiger charge is -2.32. The van der Waals surface area contributed by atoms with E-state index in [0.29, 0.717) is 19.6 Å². The Morgan fingerprint density at radius 2 is 2.21 bits per heavy atom. The van der Waals surface area contributed by atoms with Crippen LogP contribution in [0, 0.1) is 5.92 Å². The second-order valence-corrected chi connectivity index (χ2v) is 7.63. The third-order valence-corrected chi connectivity index (χ3v) is 5.21. The average Bonchev–Trinajstić information content (AvgIpc) is 3.27. The largest absolute Gasteiger partial charge is 0.353 e. The van der Waals surface area contributed by atoms with Crippen molar-refractivity contribution in [3.05, 3.63) is 42.6 Å². The summed E-state index contributed by atoms with van der Waals surface area (Å²) in [6, 6.07) is 3.84. The number of pyridine rings is 1. The zero-order valence-electron chi connectivity index (χ0n) is 17.2. The highest BCUT2D eigenvalue weighted by Crippen LogP contribution is 2.17. The molecule has 1 aliphatic rings. The van der Waals surface area contributed by atoms with Gasteiger partial charge in [-0.15, -0.1) is 0 Å². The number of hydrogen-bond donors (Lipinski definition) is 2. The van der Waals surface area contributed by atoms with Gasteiger partial charge in [0.05, 0.1) is 5.92 Å². The highest BCUT2D eigenvalue weighted by molar-refractivity contribution is 5.81. The Morgan fingerprint density at radius 3 is 2.97 bits per heavy atom. The van der Waals surface area contributed by atoms with Crippen LogP contribution in [0.15, 0.2) is 37.1 Å². The third-order valence-electron chi connectivity index (χ3n) is 5.21. The van der Waals surface area contributed by atoms with E-state index in [0.717, 1.165) is 37.1 Å². The maximum absolute atomic E-state index is 12.6. The molecular formula is C21H30N6O2. The maximum Gasteiger partial charge on any atom is 0.317 e. The van der Waals surface area contributed by atoms with Gasteiger partial charge in [0, 0.05) is 44.3 Å². The summed E-state index contributed by atoms with van der Waals surface area (Å²) >= 11 is 0. The number of carbonyl (C=O) groups is 2. The van der Waals surface area contributed by atoms with Gasteiger partial charge in [0.25, 0.3) is 0 Å². The molecule has 0 saturated carbocycles. The lowest BCUT2D eigenvalue weighted by Crippen LogP contribution is -2.49. The zero-order valence-corrected chi connectivity index (χ0v) is 17.2. The number of likely N-dealkylation sites (tertiary alicyclic amines) is 1. The fraction of sp³-hybridized carbons (Fsp3) is 0.524. The molecule has 0 bridgehead atoms. The van der Waals surface area contributed by atoms with Gasteiger partial charge in [0.15, 0.2) is 0 Å². The molecule has 0 aromatic carbocycles. The Balaban J connectivity index is 1.51. The Kier molecular flexibility index (Phi) is 7.21. The Hall–Kier alpha value is -2.90. The summed E-state index contributed by atoms with van der Waals surface area (Å²) < 4.78 is 1.82. The molecule has 0 spiro atoms. The lowest BCUT2D eigenvalue weighted by molar-refractivity contribution is -0.126. The van der Waals surface area contributed by atoms with Gasteiger partial charge in [-0.1, -0.05) is 13.3 Å². The van der Waals surface area contributed by atoms with Gasteiger partial charge in [-0.3, -0.25) is 9.36 Å². The molecule has 2 unspecified atom stereocenters. The van der Waals surface area contributed by atoms with Gasteiger partial charge in [-0.25, -0.2) is 14.8 Å². The molecule has 3 rings (SSSR count). The summed E-state index contributed by atoms with van der Waals surface area (Å²) in [7, 11) is 0. The van der Waals surface area contributed by atoms with Crippen LogP contribution in [0.25, 0.3) is 5.82 Å².